The van der Waals surface area contributed by atoms with Crippen LogP contribution in [-0.2, 0) is 11.0 Å². The largest absolute Gasteiger partial charge is 0.306 e. The molecule has 0 saturated carbocycles. The summed E-state index contributed by atoms with van der Waals surface area (Å²) >= 11 is 0. The van der Waals surface area contributed by atoms with Gasteiger partial charge in [-0.25, -0.2) is 8.51 Å². The Hall–Kier alpha value is 0.0700. The van der Waals surface area contributed by atoms with Crippen LogP contribution in [0.1, 0.15) is 12.8 Å². The summed E-state index contributed by atoms with van der Waals surface area (Å²) in [6.07, 6.45) is 4.36. The molecule has 0 aliphatic carbocycles. The maximum absolute atomic E-state index is 11.1. The molecule has 0 aromatic carbocycles. The first-order valence-corrected chi connectivity index (χ1v) is 6.40. The molecule has 0 amide bonds. The Kier molecular flexibility index (Phi) is 2.47. The van der Waals surface area contributed by atoms with Crippen molar-refractivity contribution in [1.29, 1.82) is 0 Å². The van der Waals surface area contributed by atoms with Crippen molar-refractivity contribution in [1.82, 2.24) is 9.21 Å². The Morgan fingerprint density at radius 3 is 2.23 bits per heavy atom. The fourth-order valence-electron chi connectivity index (χ4n) is 2.29. The molecule has 76 valence electrons. The first-order chi connectivity index (χ1) is 6.11. The Labute approximate surface area is 82.7 Å². The standard InChI is InChI=1S/C9H18N2OS/c1-10-5-3-9(4-6-10)7-11(8-9)13(2)12/h3-8H2,1-2H3. The van der Waals surface area contributed by atoms with Gasteiger partial charge in [-0.1, -0.05) is 0 Å². The highest BCUT2D eigenvalue weighted by Crippen LogP contribution is 2.40. The van der Waals surface area contributed by atoms with Gasteiger partial charge < -0.3 is 4.90 Å². The average molecular weight is 202 g/mol. The zero-order chi connectivity index (χ0) is 9.47. The van der Waals surface area contributed by atoms with Gasteiger partial charge in [0.1, 0.15) is 0 Å². The summed E-state index contributed by atoms with van der Waals surface area (Å²) in [5.41, 5.74) is 0.526. The predicted octanol–water partition coefficient (Wildman–Crippen LogP) is 0.308. The quantitative estimate of drug-likeness (QED) is 0.611. The molecule has 0 radical (unpaired) electrons. The van der Waals surface area contributed by atoms with Gasteiger partial charge in [-0.15, -0.1) is 0 Å². The van der Waals surface area contributed by atoms with Crippen LogP contribution in [-0.4, -0.2) is 52.9 Å². The molecule has 1 atom stereocenters. The van der Waals surface area contributed by atoms with Crippen molar-refractivity contribution in [3.05, 3.63) is 0 Å². The summed E-state index contributed by atoms with van der Waals surface area (Å²) in [6.45, 7) is 4.54. The van der Waals surface area contributed by atoms with Crippen molar-refractivity contribution in [3.8, 4) is 0 Å². The highest BCUT2D eigenvalue weighted by Gasteiger charge is 2.45. The molecule has 2 aliphatic rings. The number of nitrogens with zero attached hydrogens (tertiary/aromatic N) is 2. The molecule has 2 heterocycles. The number of piperidine rings is 1. The maximum Gasteiger partial charge on any atom is 0.0911 e. The Bertz CT molecular complexity index is 216. The number of rotatable bonds is 1. The number of hydrogen-bond donors (Lipinski definition) is 0. The molecule has 0 aromatic heterocycles. The van der Waals surface area contributed by atoms with Crippen molar-refractivity contribution in [2.24, 2.45) is 5.41 Å². The molecular weight excluding hydrogens is 184 g/mol. The van der Waals surface area contributed by atoms with E-state index in [1.165, 1.54) is 25.9 Å². The van der Waals surface area contributed by atoms with Crippen LogP contribution in [0.2, 0.25) is 0 Å². The van der Waals surface area contributed by atoms with Crippen LogP contribution in [0.5, 0.6) is 0 Å². The minimum Gasteiger partial charge on any atom is -0.306 e. The normalized spacial score (nSPS) is 31.5. The van der Waals surface area contributed by atoms with Crippen LogP contribution in [0.3, 0.4) is 0 Å². The van der Waals surface area contributed by atoms with Gasteiger partial charge in [0.05, 0.1) is 11.0 Å². The minimum atomic E-state index is -0.740. The van der Waals surface area contributed by atoms with E-state index in [0.29, 0.717) is 5.41 Å². The Balaban J connectivity index is 1.86. The van der Waals surface area contributed by atoms with E-state index < -0.39 is 11.0 Å². The summed E-state index contributed by atoms with van der Waals surface area (Å²) in [5, 5.41) is 0. The van der Waals surface area contributed by atoms with E-state index in [9.17, 15) is 4.21 Å². The number of hydrogen-bond acceptors (Lipinski definition) is 2. The molecule has 2 fully saturated rings. The van der Waals surface area contributed by atoms with E-state index >= 15 is 0 Å². The van der Waals surface area contributed by atoms with E-state index in [1.54, 1.807) is 6.26 Å². The van der Waals surface area contributed by atoms with Crippen molar-refractivity contribution in [2.45, 2.75) is 12.8 Å². The molecule has 2 aliphatic heterocycles. The Morgan fingerprint density at radius 1 is 1.23 bits per heavy atom. The lowest BCUT2D eigenvalue weighted by atomic mass is 9.73. The lowest BCUT2D eigenvalue weighted by Crippen LogP contribution is -2.59. The maximum atomic E-state index is 11.1. The second-order valence-electron chi connectivity index (χ2n) is 4.53. The summed E-state index contributed by atoms with van der Waals surface area (Å²) in [4.78, 5) is 2.39. The topological polar surface area (TPSA) is 23.6 Å². The fourth-order valence-corrected chi connectivity index (χ4v) is 3.20. The van der Waals surface area contributed by atoms with Crippen LogP contribution in [0.25, 0.3) is 0 Å². The highest BCUT2D eigenvalue weighted by molar-refractivity contribution is 7.81. The van der Waals surface area contributed by atoms with Crippen LogP contribution in [0, 0.1) is 5.41 Å². The van der Waals surface area contributed by atoms with E-state index in [0.717, 1.165) is 13.1 Å². The second kappa shape index (κ2) is 3.33. The van der Waals surface area contributed by atoms with E-state index in [4.69, 9.17) is 0 Å². The summed E-state index contributed by atoms with van der Waals surface area (Å²) < 4.78 is 13.2. The second-order valence-corrected chi connectivity index (χ2v) is 5.89. The molecule has 0 aromatic rings. The first kappa shape index (κ1) is 9.62. The molecule has 1 unspecified atom stereocenters. The first-order valence-electron chi connectivity index (χ1n) is 4.88. The zero-order valence-corrected chi connectivity index (χ0v) is 9.27. The van der Waals surface area contributed by atoms with Crippen LogP contribution >= 0.6 is 0 Å². The van der Waals surface area contributed by atoms with Crippen molar-refractivity contribution in [2.75, 3.05) is 39.5 Å². The Morgan fingerprint density at radius 2 is 1.77 bits per heavy atom. The van der Waals surface area contributed by atoms with Gasteiger partial charge in [-0.2, -0.15) is 0 Å². The SMILES string of the molecule is CN1CCC2(CC1)CN(S(C)=O)C2. The van der Waals surface area contributed by atoms with Gasteiger partial charge in [0.25, 0.3) is 0 Å². The third kappa shape index (κ3) is 1.80. The van der Waals surface area contributed by atoms with E-state index in [-0.39, 0.29) is 0 Å². The summed E-state index contributed by atoms with van der Waals surface area (Å²) in [5.74, 6) is 0. The highest BCUT2D eigenvalue weighted by atomic mass is 32.2. The third-order valence-electron chi connectivity index (χ3n) is 3.43. The molecule has 0 N–H and O–H groups in total. The summed E-state index contributed by atoms with van der Waals surface area (Å²) in [7, 11) is 1.44. The smallest absolute Gasteiger partial charge is 0.0911 e. The molecule has 0 bridgehead atoms. The monoisotopic (exact) mass is 202 g/mol. The van der Waals surface area contributed by atoms with E-state index in [1.807, 2.05) is 0 Å². The molecular formula is C9H18N2OS. The molecule has 3 nitrogen and oxygen atoms in total. The van der Waals surface area contributed by atoms with Crippen molar-refractivity contribution >= 4 is 11.0 Å². The predicted molar refractivity (Wildman–Crippen MR) is 54.8 cm³/mol. The molecule has 2 saturated heterocycles. The third-order valence-corrected chi connectivity index (χ3v) is 4.42. The fraction of sp³-hybridized carbons (Fsp3) is 1.00. The molecule has 1 spiro atoms. The van der Waals surface area contributed by atoms with Gasteiger partial charge in [-0.05, 0) is 33.0 Å². The zero-order valence-electron chi connectivity index (χ0n) is 8.45. The number of likely N-dealkylation sites (tertiary alicyclic amines) is 1. The van der Waals surface area contributed by atoms with Crippen molar-refractivity contribution in [3.63, 3.8) is 0 Å². The minimum absolute atomic E-state index is 0.526. The average Bonchev–Trinajstić information content (AvgIpc) is 2.02. The van der Waals surface area contributed by atoms with Gasteiger partial charge in [-0.3, -0.25) is 0 Å². The lowest BCUT2D eigenvalue weighted by molar-refractivity contribution is 0.0108. The molecule has 2 rings (SSSR count). The van der Waals surface area contributed by atoms with Gasteiger partial charge in [0.15, 0.2) is 0 Å². The van der Waals surface area contributed by atoms with Crippen LogP contribution < -0.4 is 0 Å². The molecule has 4 heteroatoms. The van der Waals surface area contributed by atoms with Crippen LogP contribution in [0.15, 0.2) is 0 Å². The van der Waals surface area contributed by atoms with E-state index in [2.05, 4.69) is 16.3 Å². The lowest BCUT2D eigenvalue weighted by Gasteiger charge is -2.52. The van der Waals surface area contributed by atoms with Gasteiger partial charge in [0.2, 0.25) is 0 Å². The van der Waals surface area contributed by atoms with Crippen molar-refractivity contribution < 1.29 is 4.21 Å². The van der Waals surface area contributed by atoms with Crippen LogP contribution in [0.4, 0.5) is 0 Å². The summed E-state index contributed by atoms with van der Waals surface area (Å²) in [6, 6.07) is 0. The van der Waals surface area contributed by atoms with Gasteiger partial charge in [0, 0.05) is 24.8 Å². The molecule has 13 heavy (non-hydrogen) atoms. The van der Waals surface area contributed by atoms with Gasteiger partial charge >= 0.3 is 0 Å².